The summed E-state index contributed by atoms with van der Waals surface area (Å²) in [5.41, 5.74) is -0.845. The van der Waals surface area contributed by atoms with E-state index in [-0.39, 0.29) is 12.0 Å². The molecular formula is C19H31N3O3. The fourth-order valence-electron chi connectivity index (χ4n) is 3.94. The molecule has 1 aromatic rings. The predicted molar refractivity (Wildman–Crippen MR) is 97.6 cm³/mol. The molecule has 2 aliphatic heterocycles. The number of guanidine groups is 1. The van der Waals surface area contributed by atoms with E-state index in [1.54, 1.807) is 25.3 Å². The Balaban J connectivity index is 1.71. The minimum atomic E-state index is -1.11. The highest BCUT2D eigenvalue weighted by atomic mass is 16.5. The van der Waals surface area contributed by atoms with Gasteiger partial charge in [0.05, 0.1) is 19.4 Å². The molecule has 2 N–H and O–H groups in total. The zero-order chi connectivity index (χ0) is 17.8. The van der Waals surface area contributed by atoms with Crippen molar-refractivity contribution in [1.29, 1.82) is 0 Å². The van der Waals surface area contributed by atoms with Crippen LogP contribution in [0.4, 0.5) is 0 Å². The lowest BCUT2D eigenvalue weighted by molar-refractivity contribution is -0.0371. The first kappa shape index (κ1) is 18.3. The van der Waals surface area contributed by atoms with Crippen molar-refractivity contribution in [2.24, 2.45) is 10.4 Å². The van der Waals surface area contributed by atoms with Crippen molar-refractivity contribution in [3.8, 4) is 0 Å². The van der Waals surface area contributed by atoms with Crippen LogP contribution >= 0.6 is 0 Å². The molecule has 0 amide bonds. The van der Waals surface area contributed by atoms with Crippen LogP contribution in [0.15, 0.2) is 27.8 Å². The Morgan fingerprint density at radius 2 is 2.28 bits per heavy atom. The van der Waals surface area contributed by atoms with Gasteiger partial charge in [0.25, 0.3) is 0 Å². The third kappa shape index (κ3) is 4.36. The van der Waals surface area contributed by atoms with Gasteiger partial charge in [-0.05, 0) is 51.7 Å². The third-order valence-corrected chi connectivity index (χ3v) is 5.29. The van der Waals surface area contributed by atoms with E-state index < -0.39 is 5.60 Å². The van der Waals surface area contributed by atoms with Gasteiger partial charge in [0, 0.05) is 31.7 Å². The number of likely N-dealkylation sites (tertiary alicyclic amines) is 1. The number of ether oxygens (including phenoxy) is 1. The molecule has 2 saturated heterocycles. The molecular weight excluding hydrogens is 318 g/mol. The Labute approximate surface area is 150 Å². The van der Waals surface area contributed by atoms with E-state index in [1.807, 2.05) is 0 Å². The monoisotopic (exact) mass is 349 g/mol. The van der Waals surface area contributed by atoms with Crippen molar-refractivity contribution in [2.75, 3.05) is 39.4 Å². The molecule has 25 heavy (non-hydrogen) atoms. The van der Waals surface area contributed by atoms with Gasteiger partial charge in [-0.1, -0.05) is 0 Å². The summed E-state index contributed by atoms with van der Waals surface area (Å²) < 4.78 is 11.1. The number of hydrogen-bond acceptors (Lipinski definition) is 4. The lowest BCUT2D eigenvalue weighted by atomic mass is 9.76. The summed E-state index contributed by atoms with van der Waals surface area (Å²) in [5.74, 6) is 1.42. The number of rotatable bonds is 4. The summed E-state index contributed by atoms with van der Waals surface area (Å²) in [5, 5.41) is 14.1. The maximum Gasteiger partial charge on any atom is 0.194 e. The van der Waals surface area contributed by atoms with E-state index in [4.69, 9.17) is 14.1 Å². The molecule has 3 rings (SSSR count). The van der Waals surface area contributed by atoms with Gasteiger partial charge in [-0.2, -0.15) is 0 Å². The van der Waals surface area contributed by atoms with Gasteiger partial charge in [-0.25, -0.2) is 4.99 Å². The van der Waals surface area contributed by atoms with Gasteiger partial charge in [0.15, 0.2) is 5.96 Å². The van der Waals surface area contributed by atoms with Crippen LogP contribution in [0.3, 0.4) is 0 Å². The molecule has 0 aromatic carbocycles. The van der Waals surface area contributed by atoms with Crippen LogP contribution in [-0.4, -0.2) is 55.4 Å². The largest absolute Gasteiger partial charge is 0.466 e. The molecule has 140 valence electrons. The molecule has 1 aromatic heterocycles. The van der Waals surface area contributed by atoms with Gasteiger partial charge in [0.1, 0.15) is 11.4 Å². The predicted octanol–water partition coefficient (Wildman–Crippen LogP) is 2.35. The first-order chi connectivity index (χ1) is 12.0. The van der Waals surface area contributed by atoms with Gasteiger partial charge >= 0.3 is 0 Å². The Morgan fingerprint density at radius 1 is 1.44 bits per heavy atom. The van der Waals surface area contributed by atoms with Gasteiger partial charge in [-0.15, -0.1) is 0 Å². The maximum absolute atomic E-state index is 10.7. The number of aliphatic imine (C=N–C) groups is 1. The van der Waals surface area contributed by atoms with Crippen molar-refractivity contribution >= 4 is 5.96 Å². The molecule has 2 aliphatic rings. The SMILES string of the molecule is CCNC(=NCC(C)(O)c1ccco1)N1CCCC2(CCCOC2)C1. The Bertz CT molecular complexity index is 557. The topological polar surface area (TPSA) is 70.2 Å². The summed E-state index contributed by atoms with van der Waals surface area (Å²) in [6, 6.07) is 3.58. The van der Waals surface area contributed by atoms with Crippen LogP contribution in [0, 0.1) is 5.41 Å². The van der Waals surface area contributed by atoms with Crippen molar-refractivity contribution < 1.29 is 14.3 Å². The molecule has 2 fully saturated rings. The van der Waals surface area contributed by atoms with Crippen molar-refractivity contribution in [2.45, 2.75) is 45.1 Å². The number of nitrogens with one attached hydrogen (secondary N) is 1. The number of piperidine rings is 1. The molecule has 0 saturated carbocycles. The number of nitrogens with zero attached hydrogens (tertiary/aromatic N) is 2. The summed E-state index contributed by atoms with van der Waals surface area (Å²) in [7, 11) is 0. The van der Waals surface area contributed by atoms with Crippen LogP contribution in [0.1, 0.15) is 45.3 Å². The number of furan rings is 1. The molecule has 2 unspecified atom stereocenters. The van der Waals surface area contributed by atoms with E-state index in [9.17, 15) is 5.11 Å². The average molecular weight is 349 g/mol. The molecule has 0 bridgehead atoms. The minimum absolute atomic E-state index is 0.260. The minimum Gasteiger partial charge on any atom is -0.466 e. The molecule has 0 aliphatic carbocycles. The molecule has 6 heteroatoms. The fourth-order valence-corrected chi connectivity index (χ4v) is 3.94. The van der Waals surface area contributed by atoms with Crippen LogP contribution in [0.2, 0.25) is 0 Å². The highest BCUT2D eigenvalue weighted by Gasteiger charge is 2.38. The third-order valence-electron chi connectivity index (χ3n) is 5.29. The first-order valence-corrected chi connectivity index (χ1v) is 9.42. The lowest BCUT2D eigenvalue weighted by Crippen LogP contribution is -2.53. The second-order valence-corrected chi connectivity index (χ2v) is 7.60. The summed E-state index contributed by atoms with van der Waals surface area (Å²) in [4.78, 5) is 7.06. The average Bonchev–Trinajstić information content (AvgIpc) is 3.15. The van der Waals surface area contributed by atoms with Gasteiger partial charge in [-0.3, -0.25) is 0 Å². The van der Waals surface area contributed by atoms with Crippen molar-refractivity contribution in [3.05, 3.63) is 24.2 Å². The van der Waals surface area contributed by atoms with Crippen LogP contribution in [0.5, 0.6) is 0 Å². The summed E-state index contributed by atoms with van der Waals surface area (Å²) in [6.45, 7) is 8.60. The fraction of sp³-hybridized carbons (Fsp3) is 0.737. The van der Waals surface area contributed by atoms with Crippen molar-refractivity contribution in [3.63, 3.8) is 0 Å². The zero-order valence-corrected chi connectivity index (χ0v) is 15.5. The molecule has 1 spiro atoms. The molecule has 3 heterocycles. The van der Waals surface area contributed by atoms with Crippen molar-refractivity contribution in [1.82, 2.24) is 10.2 Å². The van der Waals surface area contributed by atoms with Gasteiger partial charge < -0.3 is 24.5 Å². The number of aliphatic hydroxyl groups is 1. The normalized spacial score (nSPS) is 27.3. The van der Waals surface area contributed by atoms with Gasteiger partial charge in [0.2, 0.25) is 0 Å². The Hall–Kier alpha value is -1.53. The maximum atomic E-state index is 10.7. The number of hydrogen-bond donors (Lipinski definition) is 2. The van der Waals surface area contributed by atoms with E-state index in [2.05, 4.69) is 17.1 Å². The van der Waals surface area contributed by atoms with Crippen LogP contribution in [0.25, 0.3) is 0 Å². The second-order valence-electron chi connectivity index (χ2n) is 7.60. The highest BCUT2D eigenvalue weighted by molar-refractivity contribution is 5.80. The lowest BCUT2D eigenvalue weighted by Gasteiger charge is -2.45. The standard InChI is InChI=1S/C19H31N3O3/c1-3-20-17(21-13-18(2,23)16-7-4-12-25-16)22-10-5-8-19(14-22)9-6-11-24-15-19/h4,7,12,23H,3,5-6,8-11,13-15H2,1-2H3,(H,20,21). The Kier molecular flexibility index (Phi) is 5.69. The second kappa shape index (κ2) is 7.79. The summed E-state index contributed by atoms with van der Waals surface area (Å²) in [6.07, 6.45) is 6.34. The van der Waals surface area contributed by atoms with E-state index in [1.165, 1.54) is 12.8 Å². The van der Waals surface area contributed by atoms with E-state index >= 15 is 0 Å². The van der Waals surface area contributed by atoms with Crippen LogP contribution in [-0.2, 0) is 10.3 Å². The smallest absolute Gasteiger partial charge is 0.194 e. The first-order valence-electron chi connectivity index (χ1n) is 9.42. The van der Waals surface area contributed by atoms with Crippen LogP contribution < -0.4 is 5.32 Å². The van der Waals surface area contributed by atoms with E-state index in [0.717, 1.165) is 51.6 Å². The highest BCUT2D eigenvalue weighted by Crippen LogP contribution is 2.37. The molecule has 2 atom stereocenters. The Morgan fingerprint density at radius 3 is 2.96 bits per heavy atom. The molecule has 0 radical (unpaired) electrons. The molecule has 6 nitrogen and oxygen atoms in total. The van der Waals surface area contributed by atoms with E-state index in [0.29, 0.717) is 5.76 Å². The zero-order valence-electron chi connectivity index (χ0n) is 15.5. The summed E-state index contributed by atoms with van der Waals surface area (Å²) >= 11 is 0. The quantitative estimate of drug-likeness (QED) is 0.645.